The van der Waals surface area contributed by atoms with Gasteiger partial charge in [-0.05, 0) is 36.5 Å². The molecule has 0 unspecified atom stereocenters. The predicted molar refractivity (Wildman–Crippen MR) is 34.6 cm³/mol. The summed E-state index contributed by atoms with van der Waals surface area (Å²) in [4.78, 5) is 0. The Kier molecular flexibility index (Phi) is 0.678. The quantitative estimate of drug-likeness (QED) is 0.486. The predicted octanol–water partition coefficient (Wildman–Crippen LogP) is 2.44. The summed E-state index contributed by atoms with van der Waals surface area (Å²) in [5, 5.41) is 0. The van der Waals surface area contributed by atoms with Crippen LogP contribution in [0.15, 0.2) is 0 Å². The van der Waals surface area contributed by atoms with Gasteiger partial charge in [0.2, 0.25) is 0 Å². The number of hydrogen-bond acceptors (Lipinski definition) is 0. The van der Waals surface area contributed by atoms with E-state index in [4.69, 9.17) is 0 Å². The Balaban J connectivity index is 1.99. The van der Waals surface area contributed by atoms with Gasteiger partial charge in [0.1, 0.15) is 0 Å². The minimum absolute atomic E-state index is 0.833. The molecule has 0 N–H and O–H groups in total. The van der Waals surface area contributed by atoms with Crippen LogP contribution in [0.5, 0.6) is 0 Å². The highest BCUT2D eigenvalue weighted by molar-refractivity contribution is 5.03. The normalized spacial score (nSPS) is 48.8. The highest BCUT2D eigenvalue weighted by Gasteiger charge is 2.53. The van der Waals surface area contributed by atoms with Crippen molar-refractivity contribution in [2.24, 2.45) is 17.3 Å². The zero-order valence-corrected chi connectivity index (χ0v) is 5.78. The summed E-state index contributed by atoms with van der Waals surface area (Å²) in [5.74, 6) is 2.20. The van der Waals surface area contributed by atoms with Crippen molar-refractivity contribution in [3.8, 4) is 0 Å². The molecule has 0 radical (unpaired) electrons. The first kappa shape index (κ1) is 4.84. The van der Waals surface area contributed by atoms with Crippen LogP contribution in [-0.4, -0.2) is 0 Å². The molecule has 2 fully saturated rings. The molecule has 0 saturated heterocycles. The summed E-state index contributed by atoms with van der Waals surface area (Å²) in [6.45, 7) is 4.83. The van der Waals surface area contributed by atoms with Crippen molar-refractivity contribution in [1.29, 1.82) is 0 Å². The van der Waals surface area contributed by atoms with Crippen LogP contribution in [0, 0.1) is 17.3 Å². The van der Waals surface area contributed by atoms with Gasteiger partial charge in [0, 0.05) is 0 Å². The lowest BCUT2D eigenvalue weighted by Crippen LogP contribution is -1.95. The Morgan fingerprint density at radius 1 is 1.38 bits per heavy atom. The summed E-state index contributed by atoms with van der Waals surface area (Å²) >= 11 is 0. The topological polar surface area (TPSA) is 0 Å². The van der Waals surface area contributed by atoms with Gasteiger partial charge in [-0.2, -0.15) is 0 Å². The van der Waals surface area contributed by atoms with Crippen molar-refractivity contribution >= 4 is 0 Å². The molecule has 0 spiro atoms. The van der Waals surface area contributed by atoms with Gasteiger partial charge < -0.3 is 0 Å². The molecule has 0 aromatic heterocycles. The molecule has 2 saturated carbocycles. The summed E-state index contributed by atoms with van der Waals surface area (Å²) in [6.07, 6.45) is 4.56. The summed E-state index contributed by atoms with van der Waals surface area (Å²) < 4.78 is 0. The van der Waals surface area contributed by atoms with Crippen LogP contribution < -0.4 is 0 Å². The van der Waals surface area contributed by atoms with E-state index < -0.39 is 0 Å². The molecule has 2 aliphatic carbocycles. The van der Waals surface area contributed by atoms with Gasteiger partial charge in [-0.3, -0.25) is 0 Å². The van der Waals surface area contributed by atoms with Crippen LogP contribution in [0.3, 0.4) is 0 Å². The highest BCUT2D eigenvalue weighted by atomic mass is 14.6. The number of hydrogen-bond donors (Lipinski definition) is 0. The molecule has 8 heavy (non-hydrogen) atoms. The lowest BCUT2D eigenvalue weighted by Gasteiger charge is -2.02. The molecule has 0 aromatic rings. The van der Waals surface area contributed by atoms with Gasteiger partial charge in [0.15, 0.2) is 0 Å². The van der Waals surface area contributed by atoms with E-state index in [-0.39, 0.29) is 0 Å². The highest BCUT2D eigenvalue weighted by Crippen LogP contribution is 2.63. The van der Waals surface area contributed by atoms with Crippen molar-refractivity contribution in [3.63, 3.8) is 0 Å². The lowest BCUT2D eigenvalue weighted by molar-refractivity contribution is 0.464. The maximum absolute atomic E-state index is 2.45. The maximum atomic E-state index is 2.45. The molecule has 2 aliphatic rings. The zero-order chi connectivity index (χ0) is 5.78. The molecule has 46 valence electrons. The maximum Gasteiger partial charge on any atom is -0.0294 e. The first-order chi connectivity index (χ1) is 3.72. The van der Waals surface area contributed by atoms with Crippen LogP contribution in [0.4, 0.5) is 0 Å². The number of rotatable bonds is 1. The molecule has 0 aliphatic heterocycles. The average molecular weight is 110 g/mol. The standard InChI is InChI=1S/C8H14/c1-6-5-7(6)8(2)3-4-8/h6-7H,3-5H2,1-2H3/t6-,7-/m0/s1. The van der Waals surface area contributed by atoms with Crippen molar-refractivity contribution in [1.82, 2.24) is 0 Å². The van der Waals surface area contributed by atoms with E-state index in [2.05, 4.69) is 13.8 Å². The van der Waals surface area contributed by atoms with Gasteiger partial charge in [-0.25, -0.2) is 0 Å². The molecule has 0 bridgehead atoms. The van der Waals surface area contributed by atoms with Crippen molar-refractivity contribution in [2.75, 3.05) is 0 Å². The fourth-order valence-corrected chi connectivity index (χ4v) is 1.86. The minimum atomic E-state index is 0.833. The molecule has 0 amide bonds. The first-order valence-electron chi connectivity index (χ1n) is 3.72. The van der Waals surface area contributed by atoms with Gasteiger partial charge in [0.05, 0.1) is 0 Å². The van der Waals surface area contributed by atoms with Gasteiger partial charge in [-0.15, -0.1) is 0 Å². The summed E-state index contributed by atoms with van der Waals surface area (Å²) in [7, 11) is 0. The SMILES string of the molecule is C[C@H]1C[C@@H]1C1(C)CC1. The Hall–Kier alpha value is 0. The van der Waals surface area contributed by atoms with E-state index in [1.54, 1.807) is 0 Å². The largest absolute Gasteiger partial charge is 0.0622 e. The van der Waals surface area contributed by atoms with E-state index in [1.807, 2.05) is 0 Å². The Labute approximate surface area is 51.3 Å². The summed E-state index contributed by atoms with van der Waals surface area (Å²) in [5.41, 5.74) is 0.833. The van der Waals surface area contributed by atoms with E-state index in [9.17, 15) is 0 Å². The molecular weight excluding hydrogens is 96.1 g/mol. The Bertz CT molecular complexity index is 111. The van der Waals surface area contributed by atoms with Crippen molar-refractivity contribution in [2.45, 2.75) is 33.1 Å². The van der Waals surface area contributed by atoms with Gasteiger partial charge in [-0.1, -0.05) is 13.8 Å². The van der Waals surface area contributed by atoms with Crippen molar-refractivity contribution < 1.29 is 0 Å². The molecular formula is C8H14. The third-order valence-electron chi connectivity index (χ3n) is 3.04. The monoisotopic (exact) mass is 110 g/mol. The molecule has 0 heterocycles. The summed E-state index contributed by atoms with van der Waals surface area (Å²) in [6, 6.07) is 0. The van der Waals surface area contributed by atoms with Gasteiger partial charge in [0.25, 0.3) is 0 Å². The Morgan fingerprint density at radius 2 is 1.88 bits per heavy atom. The van der Waals surface area contributed by atoms with E-state index in [0.717, 1.165) is 17.3 Å². The first-order valence-corrected chi connectivity index (χ1v) is 3.72. The smallest absolute Gasteiger partial charge is 0.0294 e. The van der Waals surface area contributed by atoms with Gasteiger partial charge >= 0.3 is 0 Å². The van der Waals surface area contributed by atoms with Crippen LogP contribution in [0.1, 0.15) is 33.1 Å². The third-order valence-corrected chi connectivity index (χ3v) is 3.04. The fourth-order valence-electron chi connectivity index (χ4n) is 1.86. The van der Waals surface area contributed by atoms with Crippen LogP contribution >= 0.6 is 0 Å². The molecule has 2 atom stereocenters. The molecule has 2 rings (SSSR count). The molecule has 0 aromatic carbocycles. The second-order valence-electron chi connectivity index (χ2n) is 3.97. The second-order valence-corrected chi connectivity index (χ2v) is 3.97. The zero-order valence-electron chi connectivity index (χ0n) is 5.78. The average Bonchev–Trinajstić information content (AvgIpc) is 2.47. The van der Waals surface area contributed by atoms with E-state index in [1.165, 1.54) is 19.3 Å². The molecule has 0 nitrogen and oxygen atoms in total. The van der Waals surface area contributed by atoms with Crippen LogP contribution in [0.2, 0.25) is 0 Å². The Morgan fingerprint density at radius 3 is 2.00 bits per heavy atom. The fraction of sp³-hybridized carbons (Fsp3) is 1.00. The third kappa shape index (κ3) is 0.519. The van der Waals surface area contributed by atoms with E-state index >= 15 is 0 Å². The van der Waals surface area contributed by atoms with E-state index in [0.29, 0.717) is 0 Å². The lowest BCUT2D eigenvalue weighted by atomic mass is 10.0. The minimum Gasteiger partial charge on any atom is -0.0622 e. The molecule has 0 heteroatoms. The van der Waals surface area contributed by atoms with Crippen LogP contribution in [0.25, 0.3) is 0 Å². The van der Waals surface area contributed by atoms with Crippen LogP contribution in [-0.2, 0) is 0 Å². The second kappa shape index (κ2) is 1.12. The van der Waals surface area contributed by atoms with Crippen molar-refractivity contribution in [3.05, 3.63) is 0 Å².